The predicted molar refractivity (Wildman–Crippen MR) is 104 cm³/mol. The summed E-state index contributed by atoms with van der Waals surface area (Å²) in [6.07, 6.45) is 0. The Balaban J connectivity index is 2.14. The molecule has 0 radical (unpaired) electrons. The number of hydrogen-bond acceptors (Lipinski definition) is 2. The largest absolute Gasteiger partial charge is 0.383 e. The molecule has 126 valence electrons. The van der Waals surface area contributed by atoms with E-state index in [2.05, 4.69) is 62.9 Å². The van der Waals surface area contributed by atoms with Gasteiger partial charge in [0.15, 0.2) is 0 Å². The van der Waals surface area contributed by atoms with Crippen LogP contribution in [0.5, 0.6) is 0 Å². The Morgan fingerprint density at radius 2 is 2.00 bits per heavy atom. The summed E-state index contributed by atoms with van der Waals surface area (Å²) in [6, 6.07) is 12.2. The minimum Gasteiger partial charge on any atom is -0.383 e. The lowest BCUT2D eigenvalue weighted by Crippen LogP contribution is -2.24. The van der Waals surface area contributed by atoms with E-state index in [4.69, 9.17) is 0 Å². The van der Waals surface area contributed by atoms with Crippen LogP contribution in [0.25, 0.3) is 16.5 Å². The van der Waals surface area contributed by atoms with Gasteiger partial charge in [0.1, 0.15) is 0 Å². The van der Waals surface area contributed by atoms with Gasteiger partial charge in [-0.3, -0.25) is 4.79 Å². The van der Waals surface area contributed by atoms with E-state index in [1.54, 1.807) is 0 Å². The summed E-state index contributed by atoms with van der Waals surface area (Å²) in [5, 5.41) is 6.18. The minimum atomic E-state index is -0.185. The topological polar surface area (TPSA) is 46.4 Å². The molecule has 0 spiro atoms. The second kappa shape index (κ2) is 5.85. The number of amides is 1. The average Bonchev–Trinajstić information content (AvgIpc) is 3.02. The van der Waals surface area contributed by atoms with Crippen LogP contribution < -0.4 is 15.9 Å². The fourth-order valence-corrected chi connectivity index (χ4v) is 3.86. The molecule has 0 atom stereocenters. The molecule has 0 saturated carbocycles. The summed E-state index contributed by atoms with van der Waals surface area (Å²) in [5.74, 6) is -0.185. The summed E-state index contributed by atoms with van der Waals surface area (Å²) in [5.41, 5.74) is 4.86. The molecule has 1 amide bonds. The highest BCUT2D eigenvalue weighted by Crippen LogP contribution is 2.35. The van der Waals surface area contributed by atoms with Gasteiger partial charge in [-0.2, -0.15) is 0 Å². The zero-order chi connectivity index (χ0) is 17.7. The van der Waals surface area contributed by atoms with Gasteiger partial charge in [0, 0.05) is 28.7 Å². The van der Waals surface area contributed by atoms with E-state index in [0.29, 0.717) is 5.57 Å². The molecule has 4 nitrogen and oxygen atoms in total. The third-order valence-corrected chi connectivity index (χ3v) is 5.10. The van der Waals surface area contributed by atoms with E-state index in [-0.39, 0.29) is 5.91 Å². The van der Waals surface area contributed by atoms with E-state index in [1.165, 1.54) is 5.56 Å². The number of rotatable bonds is 3. The minimum absolute atomic E-state index is 0.185. The van der Waals surface area contributed by atoms with Crippen LogP contribution in [0.15, 0.2) is 45.9 Å². The summed E-state index contributed by atoms with van der Waals surface area (Å²) < 4.78 is 3.02. The number of aryl methyl sites for hydroxylation is 2. The van der Waals surface area contributed by atoms with Crippen molar-refractivity contribution in [3.05, 3.63) is 62.7 Å². The van der Waals surface area contributed by atoms with Crippen molar-refractivity contribution < 1.29 is 4.79 Å². The quantitative estimate of drug-likeness (QED) is 0.740. The number of hydrogen-bond donors (Lipinski definition) is 1. The second-order valence-electron chi connectivity index (χ2n) is 6.29. The zero-order valence-electron chi connectivity index (χ0n) is 14.4. The number of nitrogens with zero attached hydrogens (tertiary/aromatic N) is 2. The molecular formula is C20H18BrN3O. The highest BCUT2D eigenvalue weighted by atomic mass is 79.9. The van der Waals surface area contributed by atoms with Gasteiger partial charge < -0.3 is 9.88 Å². The van der Waals surface area contributed by atoms with E-state index < -0.39 is 0 Å². The Hall–Kier alpha value is -2.40. The molecule has 3 aromatic rings. The molecule has 0 unspecified atom stereocenters. The van der Waals surface area contributed by atoms with Crippen LogP contribution >= 0.6 is 15.9 Å². The number of halogens is 1. The van der Waals surface area contributed by atoms with Gasteiger partial charge >= 0.3 is 0 Å². The molecule has 2 aromatic carbocycles. The van der Waals surface area contributed by atoms with Gasteiger partial charge in [-0.25, -0.2) is 4.99 Å². The van der Waals surface area contributed by atoms with Crippen molar-refractivity contribution in [2.24, 2.45) is 12.0 Å². The zero-order valence-corrected chi connectivity index (χ0v) is 15.9. The monoisotopic (exact) mass is 395 g/mol. The lowest BCUT2D eigenvalue weighted by molar-refractivity contribution is -0.112. The maximum Gasteiger partial charge on any atom is 0.280 e. The Kier molecular flexibility index (Phi) is 3.76. The predicted octanol–water partition coefficient (Wildman–Crippen LogP) is 3.04. The van der Waals surface area contributed by atoms with Crippen molar-refractivity contribution in [3.63, 3.8) is 0 Å². The molecule has 4 rings (SSSR count). The first-order valence-electron chi connectivity index (χ1n) is 8.27. The van der Waals surface area contributed by atoms with Gasteiger partial charge in [-0.15, -0.1) is 0 Å². The number of fused-ring (bicyclic) bond motifs is 2. The lowest BCUT2D eigenvalue weighted by Gasteiger charge is -2.09. The van der Waals surface area contributed by atoms with Crippen LogP contribution in [-0.4, -0.2) is 17.0 Å². The number of aromatic nitrogens is 1. The molecular weight excluding hydrogens is 378 g/mol. The molecule has 0 fully saturated rings. The molecule has 0 bridgehead atoms. The lowest BCUT2D eigenvalue weighted by atomic mass is 10.1. The normalized spacial score (nSPS) is 13.3. The number of benzene rings is 2. The van der Waals surface area contributed by atoms with Crippen LogP contribution in [0, 0.1) is 6.92 Å². The molecule has 5 heteroatoms. The summed E-state index contributed by atoms with van der Waals surface area (Å²) in [6.45, 7) is 4.92. The maximum absolute atomic E-state index is 12.7. The van der Waals surface area contributed by atoms with E-state index >= 15 is 0 Å². The van der Waals surface area contributed by atoms with E-state index in [1.807, 2.05) is 25.2 Å². The number of nitrogens with one attached hydrogen (secondary N) is 1. The van der Waals surface area contributed by atoms with Crippen LogP contribution in [0.1, 0.15) is 18.2 Å². The smallest absolute Gasteiger partial charge is 0.280 e. The first-order chi connectivity index (χ1) is 12.0. The van der Waals surface area contributed by atoms with E-state index in [9.17, 15) is 4.79 Å². The van der Waals surface area contributed by atoms with Crippen molar-refractivity contribution in [1.29, 1.82) is 0 Å². The molecule has 2 heterocycles. The molecule has 0 aliphatic carbocycles. The number of carbonyl (C=O) groups excluding carboxylic acids is 1. The summed E-state index contributed by atoms with van der Waals surface area (Å²) in [7, 11) is 2.01. The Morgan fingerprint density at radius 3 is 2.76 bits per heavy atom. The van der Waals surface area contributed by atoms with Crippen molar-refractivity contribution in [3.8, 4) is 0 Å². The van der Waals surface area contributed by atoms with Gasteiger partial charge in [-0.1, -0.05) is 34.1 Å². The highest BCUT2D eigenvalue weighted by molar-refractivity contribution is 9.10. The van der Waals surface area contributed by atoms with Crippen LogP contribution in [0.4, 0.5) is 5.69 Å². The fraction of sp³-hybridized carbons (Fsp3) is 0.200. The Morgan fingerprint density at radius 1 is 1.20 bits per heavy atom. The van der Waals surface area contributed by atoms with Gasteiger partial charge in [0.25, 0.3) is 5.91 Å². The number of anilines is 1. The van der Waals surface area contributed by atoms with Crippen molar-refractivity contribution in [2.75, 3.05) is 11.9 Å². The van der Waals surface area contributed by atoms with Gasteiger partial charge in [-0.05, 0) is 37.6 Å². The Bertz CT molecular complexity index is 1160. The molecule has 25 heavy (non-hydrogen) atoms. The average molecular weight is 396 g/mol. The van der Waals surface area contributed by atoms with Gasteiger partial charge in [0.2, 0.25) is 0 Å². The van der Waals surface area contributed by atoms with Crippen molar-refractivity contribution in [2.45, 2.75) is 13.8 Å². The SMILES string of the molecule is CCNc1c(C2=c3ccc(Br)cc3=NC2=O)n(C)c2cc(C)ccc12. The van der Waals surface area contributed by atoms with E-state index in [0.717, 1.165) is 43.9 Å². The van der Waals surface area contributed by atoms with Gasteiger partial charge in [0.05, 0.1) is 27.8 Å². The molecule has 1 aliphatic rings. The van der Waals surface area contributed by atoms with Crippen LogP contribution in [0.3, 0.4) is 0 Å². The second-order valence-corrected chi connectivity index (χ2v) is 7.20. The first-order valence-corrected chi connectivity index (χ1v) is 9.06. The Labute approximate surface area is 154 Å². The first kappa shape index (κ1) is 16.1. The summed E-state index contributed by atoms with van der Waals surface area (Å²) >= 11 is 3.45. The molecule has 1 aliphatic heterocycles. The third-order valence-electron chi connectivity index (χ3n) is 4.61. The van der Waals surface area contributed by atoms with Crippen molar-refractivity contribution >= 4 is 44.0 Å². The molecule has 1 aromatic heterocycles. The van der Waals surface area contributed by atoms with Crippen molar-refractivity contribution in [1.82, 2.24) is 4.57 Å². The van der Waals surface area contributed by atoms with Crippen LogP contribution in [-0.2, 0) is 11.8 Å². The standard InChI is InChI=1S/C20H18BrN3O/c1-4-22-18-14-7-5-11(2)9-16(14)24(3)19(18)17-13-8-6-12(21)10-15(13)23-20(17)25/h5-10,22H,4H2,1-3H3. The summed E-state index contributed by atoms with van der Waals surface area (Å²) in [4.78, 5) is 17.0. The maximum atomic E-state index is 12.7. The molecule has 0 saturated heterocycles. The highest BCUT2D eigenvalue weighted by Gasteiger charge is 2.26. The fourth-order valence-electron chi connectivity index (χ4n) is 3.51. The third kappa shape index (κ3) is 2.42. The van der Waals surface area contributed by atoms with Crippen LogP contribution in [0.2, 0.25) is 0 Å². The number of carbonyl (C=O) groups is 1. The molecule has 1 N–H and O–H groups in total.